The summed E-state index contributed by atoms with van der Waals surface area (Å²) in [6, 6.07) is 7.49. The van der Waals surface area contributed by atoms with Gasteiger partial charge in [0.25, 0.3) is 0 Å². The van der Waals surface area contributed by atoms with Crippen LogP contribution in [0, 0.1) is 19.8 Å². The number of aromatic nitrogens is 4. The average Bonchev–Trinajstić information content (AvgIpc) is 3.25. The van der Waals surface area contributed by atoms with Gasteiger partial charge >= 0.3 is 0 Å². The molecule has 31 heavy (non-hydrogen) atoms. The Morgan fingerprint density at radius 1 is 1.26 bits per heavy atom. The first-order chi connectivity index (χ1) is 15.0. The number of hydrogen-bond acceptors (Lipinski definition) is 7. The topological polar surface area (TPSA) is 97.0 Å². The lowest BCUT2D eigenvalue weighted by atomic mass is 9.93. The third-order valence-electron chi connectivity index (χ3n) is 5.21. The minimum Gasteiger partial charge on any atom is -0.465 e. The monoisotopic (exact) mass is 418 g/mol. The van der Waals surface area contributed by atoms with E-state index in [1.54, 1.807) is 30.8 Å². The molecule has 1 aliphatic rings. The van der Waals surface area contributed by atoms with Crippen molar-refractivity contribution in [2.75, 3.05) is 18.4 Å². The van der Waals surface area contributed by atoms with E-state index >= 15 is 0 Å². The Morgan fingerprint density at radius 2 is 2.10 bits per heavy atom. The Hall–Kier alpha value is -3.55. The molecule has 1 fully saturated rings. The molecule has 8 nitrogen and oxygen atoms in total. The van der Waals surface area contributed by atoms with Crippen LogP contribution in [0.4, 0.5) is 11.8 Å². The molecule has 3 aromatic rings. The summed E-state index contributed by atoms with van der Waals surface area (Å²) in [5.74, 6) is 2.24. The molecule has 0 saturated carbocycles. The summed E-state index contributed by atoms with van der Waals surface area (Å²) in [7, 11) is 0. The number of piperidine rings is 1. The van der Waals surface area contributed by atoms with E-state index in [1.807, 2.05) is 36.9 Å². The van der Waals surface area contributed by atoms with Crippen LogP contribution in [0.5, 0.6) is 0 Å². The molecule has 4 heterocycles. The van der Waals surface area contributed by atoms with Crippen LogP contribution in [-0.4, -0.2) is 43.8 Å². The summed E-state index contributed by atoms with van der Waals surface area (Å²) in [4.78, 5) is 32.0. The van der Waals surface area contributed by atoms with Gasteiger partial charge in [0.2, 0.25) is 11.9 Å². The molecule has 0 aliphatic carbocycles. The van der Waals surface area contributed by atoms with Gasteiger partial charge in [0.1, 0.15) is 17.9 Å². The SMILES string of the molecule is Cc1cc(C)nc(Nc2cc(CC3CCCN(C(=O)/C=C/c4ccco4)C3)ncn2)n1. The molecular formula is C23H26N6O2. The summed E-state index contributed by atoms with van der Waals surface area (Å²) in [6.07, 6.45) is 9.28. The summed E-state index contributed by atoms with van der Waals surface area (Å²) < 4.78 is 5.25. The standard InChI is InChI=1S/C23H26N6O2/c1-16-11-17(2)27-23(26-16)28-21-13-19(24-15-25-21)12-18-5-3-9-29(14-18)22(30)8-7-20-6-4-10-31-20/h4,6-8,10-11,13,15,18H,3,5,9,12,14H2,1-2H3,(H,24,25,26,27,28)/b8-7+. The lowest BCUT2D eigenvalue weighted by Crippen LogP contribution is -2.39. The number of amides is 1. The van der Waals surface area contributed by atoms with Crippen LogP contribution in [0.15, 0.2) is 47.3 Å². The van der Waals surface area contributed by atoms with Gasteiger partial charge in [-0.3, -0.25) is 4.79 Å². The summed E-state index contributed by atoms with van der Waals surface area (Å²) in [5, 5.41) is 3.16. The molecule has 1 unspecified atom stereocenters. The number of carbonyl (C=O) groups excluding carboxylic acids is 1. The predicted octanol–water partition coefficient (Wildman–Crippen LogP) is 3.71. The van der Waals surface area contributed by atoms with Crippen LogP contribution in [0.25, 0.3) is 6.08 Å². The van der Waals surface area contributed by atoms with E-state index < -0.39 is 0 Å². The van der Waals surface area contributed by atoms with Crippen molar-refractivity contribution in [1.82, 2.24) is 24.8 Å². The molecule has 0 radical (unpaired) electrons. The molecule has 4 rings (SSSR count). The zero-order chi connectivity index (χ0) is 21.6. The van der Waals surface area contributed by atoms with Crippen LogP contribution >= 0.6 is 0 Å². The number of rotatable bonds is 6. The fraction of sp³-hybridized carbons (Fsp3) is 0.348. The number of nitrogens with one attached hydrogen (secondary N) is 1. The van der Waals surface area contributed by atoms with E-state index in [-0.39, 0.29) is 5.91 Å². The van der Waals surface area contributed by atoms with Gasteiger partial charge in [-0.15, -0.1) is 0 Å². The molecule has 1 N–H and O–H groups in total. The van der Waals surface area contributed by atoms with Gasteiger partial charge in [0, 0.05) is 42.3 Å². The maximum Gasteiger partial charge on any atom is 0.246 e. The zero-order valence-electron chi connectivity index (χ0n) is 17.8. The number of likely N-dealkylation sites (tertiary alicyclic amines) is 1. The first kappa shape index (κ1) is 20.7. The highest BCUT2D eigenvalue weighted by molar-refractivity contribution is 5.91. The fourth-order valence-corrected chi connectivity index (χ4v) is 3.85. The van der Waals surface area contributed by atoms with Gasteiger partial charge in [0.15, 0.2) is 0 Å². The number of furan rings is 1. The summed E-state index contributed by atoms with van der Waals surface area (Å²) in [5.41, 5.74) is 2.74. The van der Waals surface area contributed by atoms with Gasteiger partial charge in [0.05, 0.1) is 6.26 Å². The maximum atomic E-state index is 12.6. The average molecular weight is 419 g/mol. The van der Waals surface area contributed by atoms with Crippen molar-refractivity contribution in [2.24, 2.45) is 5.92 Å². The van der Waals surface area contributed by atoms with Crippen molar-refractivity contribution in [3.8, 4) is 0 Å². The highest BCUT2D eigenvalue weighted by atomic mass is 16.3. The van der Waals surface area contributed by atoms with Crippen LogP contribution in [0.1, 0.15) is 35.7 Å². The quantitative estimate of drug-likeness (QED) is 0.609. The van der Waals surface area contributed by atoms with Crippen molar-refractivity contribution in [1.29, 1.82) is 0 Å². The van der Waals surface area contributed by atoms with Gasteiger partial charge in [-0.25, -0.2) is 19.9 Å². The molecule has 1 atom stereocenters. The number of aryl methyl sites for hydroxylation is 2. The molecule has 0 aromatic carbocycles. The third-order valence-corrected chi connectivity index (χ3v) is 5.21. The Kier molecular flexibility index (Phi) is 6.35. The van der Waals surface area contributed by atoms with Gasteiger partial charge in [-0.05, 0) is 63.3 Å². The molecule has 8 heteroatoms. The van der Waals surface area contributed by atoms with Crippen molar-refractivity contribution >= 4 is 23.7 Å². The highest BCUT2D eigenvalue weighted by Crippen LogP contribution is 2.22. The van der Waals surface area contributed by atoms with Crippen LogP contribution in [0.3, 0.4) is 0 Å². The smallest absolute Gasteiger partial charge is 0.246 e. The highest BCUT2D eigenvalue weighted by Gasteiger charge is 2.23. The predicted molar refractivity (Wildman–Crippen MR) is 118 cm³/mol. The molecule has 1 aliphatic heterocycles. The lowest BCUT2D eigenvalue weighted by molar-refractivity contribution is -0.127. The minimum atomic E-state index is 0.0121. The van der Waals surface area contributed by atoms with Crippen molar-refractivity contribution in [2.45, 2.75) is 33.1 Å². The zero-order valence-corrected chi connectivity index (χ0v) is 17.8. The minimum absolute atomic E-state index is 0.0121. The van der Waals surface area contributed by atoms with Gasteiger partial charge in [-0.1, -0.05) is 0 Å². The number of hydrogen-bond donors (Lipinski definition) is 1. The number of nitrogens with zero attached hydrogens (tertiary/aromatic N) is 5. The van der Waals surface area contributed by atoms with E-state index in [9.17, 15) is 4.79 Å². The number of carbonyl (C=O) groups is 1. The van der Waals surface area contributed by atoms with E-state index in [0.29, 0.717) is 30.0 Å². The molecule has 3 aromatic heterocycles. The van der Waals surface area contributed by atoms with Crippen LogP contribution in [-0.2, 0) is 11.2 Å². The maximum absolute atomic E-state index is 12.6. The second-order valence-corrected chi connectivity index (χ2v) is 7.84. The second kappa shape index (κ2) is 9.51. The molecule has 0 spiro atoms. The molecule has 1 saturated heterocycles. The molecule has 0 bridgehead atoms. The fourth-order valence-electron chi connectivity index (χ4n) is 3.85. The molecular weight excluding hydrogens is 392 g/mol. The Bertz CT molecular complexity index is 1040. The van der Waals surface area contributed by atoms with Gasteiger partial charge in [-0.2, -0.15) is 0 Å². The van der Waals surface area contributed by atoms with Crippen LogP contribution < -0.4 is 5.32 Å². The number of anilines is 2. The molecule has 160 valence electrons. The Morgan fingerprint density at radius 3 is 2.87 bits per heavy atom. The Balaban J connectivity index is 1.37. The second-order valence-electron chi connectivity index (χ2n) is 7.84. The van der Waals surface area contributed by atoms with E-state index in [2.05, 4.69) is 25.3 Å². The van der Waals surface area contributed by atoms with E-state index in [0.717, 1.165) is 42.9 Å². The first-order valence-corrected chi connectivity index (χ1v) is 10.5. The normalized spacial score (nSPS) is 16.6. The summed E-state index contributed by atoms with van der Waals surface area (Å²) in [6.45, 7) is 5.36. The lowest BCUT2D eigenvalue weighted by Gasteiger charge is -2.32. The third kappa shape index (κ3) is 5.75. The first-order valence-electron chi connectivity index (χ1n) is 10.5. The largest absolute Gasteiger partial charge is 0.465 e. The molecule has 1 amide bonds. The van der Waals surface area contributed by atoms with E-state index in [4.69, 9.17) is 4.42 Å². The summed E-state index contributed by atoms with van der Waals surface area (Å²) >= 11 is 0. The van der Waals surface area contributed by atoms with E-state index in [1.165, 1.54) is 0 Å². The Labute approximate surface area is 181 Å². The van der Waals surface area contributed by atoms with Crippen molar-refractivity contribution < 1.29 is 9.21 Å². The van der Waals surface area contributed by atoms with Gasteiger partial charge < -0.3 is 14.6 Å². The van der Waals surface area contributed by atoms with Crippen molar-refractivity contribution in [3.05, 3.63) is 65.8 Å². The van der Waals surface area contributed by atoms with Crippen molar-refractivity contribution in [3.63, 3.8) is 0 Å². The van der Waals surface area contributed by atoms with Crippen LogP contribution in [0.2, 0.25) is 0 Å².